The van der Waals surface area contributed by atoms with Crippen molar-refractivity contribution >= 4 is 50.8 Å². The number of benzene rings is 1. The van der Waals surface area contributed by atoms with E-state index in [2.05, 4.69) is 26.4 Å². The maximum atomic E-state index is 16.7. The van der Waals surface area contributed by atoms with Crippen molar-refractivity contribution in [1.29, 1.82) is 0 Å². The molecule has 0 aliphatic carbocycles. The van der Waals surface area contributed by atoms with Crippen molar-refractivity contribution < 1.29 is 13.9 Å². The molecular formula is C32H34ClFN8O2. The number of aromatic nitrogens is 4. The number of hydrogen-bond acceptors (Lipinski definition) is 9. The average Bonchev–Trinajstić information content (AvgIpc) is 3.76. The molecule has 12 heteroatoms. The van der Waals surface area contributed by atoms with Crippen LogP contribution in [0.3, 0.4) is 0 Å². The molecule has 1 amide bonds. The summed E-state index contributed by atoms with van der Waals surface area (Å²) in [6.45, 7) is 7.26. The molecule has 3 aliphatic rings. The number of nitrogens with two attached hydrogens (primary N) is 1. The van der Waals surface area contributed by atoms with E-state index in [-0.39, 0.29) is 46.2 Å². The van der Waals surface area contributed by atoms with Gasteiger partial charge in [-0.05, 0) is 68.8 Å². The third-order valence-electron chi connectivity index (χ3n) is 9.51. The third kappa shape index (κ3) is 4.78. The van der Waals surface area contributed by atoms with Crippen LogP contribution in [0.15, 0.2) is 43.1 Å². The first-order valence-electron chi connectivity index (χ1n) is 15.0. The van der Waals surface area contributed by atoms with Gasteiger partial charge in [-0.1, -0.05) is 30.3 Å². The monoisotopic (exact) mass is 616 g/mol. The van der Waals surface area contributed by atoms with E-state index in [0.717, 1.165) is 50.6 Å². The number of amides is 1. The fourth-order valence-corrected chi connectivity index (χ4v) is 7.47. The summed E-state index contributed by atoms with van der Waals surface area (Å²) in [6.07, 6.45) is 7.98. The van der Waals surface area contributed by atoms with Gasteiger partial charge >= 0.3 is 6.01 Å². The molecule has 228 valence electrons. The Morgan fingerprint density at radius 3 is 2.80 bits per heavy atom. The smallest absolute Gasteiger partial charge is 0.319 e. The van der Waals surface area contributed by atoms with E-state index in [1.165, 1.54) is 6.08 Å². The molecule has 1 atom stereocenters. The molecule has 7 rings (SSSR count). The Labute approximate surface area is 259 Å². The molecule has 3 aliphatic heterocycles. The number of pyridine rings is 2. The summed E-state index contributed by atoms with van der Waals surface area (Å²) in [6, 6.07) is 7.12. The van der Waals surface area contributed by atoms with E-state index < -0.39 is 5.82 Å². The Hall–Kier alpha value is -4.09. The number of halogens is 2. The zero-order chi connectivity index (χ0) is 30.6. The molecule has 3 saturated heterocycles. The van der Waals surface area contributed by atoms with E-state index in [4.69, 9.17) is 27.1 Å². The Morgan fingerprint density at radius 2 is 2.02 bits per heavy atom. The fourth-order valence-electron chi connectivity index (χ4n) is 7.20. The zero-order valence-corrected chi connectivity index (χ0v) is 25.4. The number of nitrogens with zero attached hydrogens (tertiary/aromatic N) is 7. The minimum Gasteiger partial charge on any atom is -0.461 e. The highest BCUT2D eigenvalue weighted by Gasteiger charge is 2.45. The molecule has 0 saturated carbocycles. The number of rotatable bonds is 7. The van der Waals surface area contributed by atoms with Gasteiger partial charge in [0.05, 0.1) is 15.9 Å². The van der Waals surface area contributed by atoms with Crippen LogP contribution in [0, 0.1) is 5.82 Å². The van der Waals surface area contributed by atoms with Crippen LogP contribution in [-0.2, 0) is 4.79 Å². The van der Waals surface area contributed by atoms with Crippen molar-refractivity contribution in [2.75, 3.05) is 50.5 Å². The zero-order valence-electron chi connectivity index (χ0n) is 24.6. The van der Waals surface area contributed by atoms with Crippen LogP contribution < -0.4 is 15.4 Å². The summed E-state index contributed by atoms with van der Waals surface area (Å²) in [4.78, 5) is 36.9. The minimum absolute atomic E-state index is 0.0128. The number of anilines is 2. The molecule has 3 aromatic heterocycles. The first-order chi connectivity index (χ1) is 21.3. The summed E-state index contributed by atoms with van der Waals surface area (Å²) >= 11 is 6.57. The first-order valence-corrected chi connectivity index (χ1v) is 15.4. The maximum absolute atomic E-state index is 16.7. The molecular weight excluding hydrogens is 583 g/mol. The molecule has 10 nitrogen and oxygen atoms in total. The van der Waals surface area contributed by atoms with Crippen molar-refractivity contribution in [3.8, 4) is 17.4 Å². The second-order valence-corrected chi connectivity index (χ2v) is 12.4. The largest absolute Gasteiger partial charge is 0.461 e. The number of fused-ring (bicyclic) bond motifs is 3. The minimum atomic E-state index is -0.667. The van der Waals surface area contributed by atoms with Gasteiger partial charge in [-0.25, -0.2) is 9.37 Å². The Balaban J connectivity index is 1.34. The highest BCUT2D eigenvalue weighted by molar-refractivity contribution is 6.36. The molecule has 1 aromatic carbocycles. The normalized spacial score (nSPS) is 19.5. The topological polar surface area (TPSA) is 114 Å². The molecule has 44 heavy (non-hydrogen) atoms. The van der Waals surface area contributed by atoms with E-state index in [1.54, 1.807) is 29.3 Å². The van der Waals surface area contributed by atoms with Crippen molar-refractivity contribution in [3.05, 3.63) is 54.0 Å². The van der Waals surface area contributed by atoms with Crippen LogP contribution in [0.2, 0.25) is 5.02 Å². The summed E-state index contributed by atoms with van der Waals surface area (Å²) in [7, 11) is 1.89. The lowest BCUT2D eigenvalue weighted by Crippen LogP contribution is -2.43. The molecule has 2 N–H and O–H groups in total. The number of likely N-dealkylation sites (tertiary alicyclic amines) is 1. The van der Waals surface area contributed by atoms with E-state index in [9.17, 15) is 4.79 Å². The number of carbonyl (C=O) groups excluding carboxylic acids is 1. The molecule has 0 bridgehead atoms. The van der Waals surface area contributed by atoms with Crippen LogP contribution in [0.25, 0.3) is 33.1 Å². The highest BCUT2D eigenvalue weighted by atomic mass is 35.5. The second kappa shape index (κ2) is 11.1. The SMILES string of the molecule is C=CC(=O)N1CC[C@@H](N(C)c2nc(OCC34CCCN3CCC4)nc3c(F)c(-c4nc(N)cc5cccc(Cl)c45)ncc23)C1. The third-order valence-corrected chi connectivity index (χ3v) is 9.82. The van der Waals surface area contributed by atoms with Crippen LogP contribution >= 0.6 is 11.6 Å². The lowest BCUT2D eigenvalue weighted by Gasteiger charge is -2.31. The van der Waals surface area contributed by atoms with Crippen LogP contribution in [0.5, 0.6) is 6.01 Å². The summed E-state index contributed by atoms with van der Waals surface area (Å²) in [5, 5.41) is 2.12. The van der Waals surface area contributed by atoms with Crippen LogP contribution in [-0.4, -0.2) is 87.1 Å². The van der Waals surface area contributed by atoms with Crippen LogP contribution in [0.4, 0.5) is 16.0 Å². The number of nitrogen functional groups attached to an aromatic ring is 1. The van der Waals surface area contributed by atoms with Gasteiger partial charge < -0.3 is 20.3 Å². The molecule has 6 heterocycles. The number of ether oxygens (including phenoxy) is 1. The van der Waals surface area contributed by atoms with Crippen molar-refractivity contribution in [2.45, 2.75) is 43.7 Å². The average molecular weight is 617 g/mol. The van der Waals surface area contributed by atoms with Gasteiger partial charge in [-0.2, -0.15) is 9.97 Å². The molecule has 0 unspecified atom stereocenters. The lowest BCUT2D eigenvalue weighted by molar-refractivity contribution is -0.125. The Kier molecular flexibility index (Phi) is 7.25. The molecule has 0 spiro atoms. The van der Waals surface area contributed by atoms with Crippen LogP contribution in [0.1, 0.15) is 32.1 Å². The Bertz CT molecular complexity index is 1790. The molecule has 0 radical (unpaired) electrons. The van der Waals surface area contributed by atoms with Crippen molar-refractivity contribution in [2.24, 2.45) is 0 Å². The number of carbonyl (C=O) groups is 1. The van der Waals surface area contributed by atoms with E-state index in [1.807, 2.05) is 18.0 Å². The fraction of sp³-hybridized carbons (Fsp3) is 0.406. The second-order valence-electron chi connectivity index (χ2n) is 12.0. The standard InChI is InChI=1S/C32H34ClFN8O2/c1-3-24(43)41-14-9-20(17-41)40(2)30-21-16-36-29(28-25-19(15-23(35)37-28)7-4-8-22(25)33)26(34)27(21)38-31(39-30)44-18-32-10-5-12-42(32)13-6-11-32/h3-4,7-8,15-16,20H,1,5-6,9-14,17-18H2,2H3,(H2,35,37)/t20-/m1/s1. The van der Waals surface area contributed by atoms with E-state index >= 15 is 4.39 Å². The van der Waals surface area contributed by atoms with Gasteiger partial charge in [0.2, 0.25) is 5.91 Å². The van der Waals surface area contributed by atoms with Gasteiger partial charge in [0.25, 0.3) is 0 Å². The summed E-state index contributed by atoms with van der Waals surface area (Å²) < 4.78 is 23.0. The lowest BCUT2D eigenvalue weighted by atomic mass is 9.95. The molecule has 3 fully saturated rings. The Morgan fingerprint density at radius 1 is 1.23 bits per heavy atom. The molecule has 4 aromatic rings. The van der Waals surface area contributed by atoms with Gasteiger partial charge in [0, 0.05) is 37.8 Å². The summed E-state index contributed by atoms with van der Waals surface area (Å²) in [5.74, 6) is -0.0797. The predicted molar refractivity (Wildman–Crippen MR) is 169 cm³/mol. The van der Waals surface area contributed by atoms with Gasteiger partial charge in [-0.15, -0.1) is 0 Å². The number of hydrogen-bond donors (Lipinski definition) is 1. The number of likely N-dealkylation sites (N-methyl/N-ethyl adjacent to an activating group) is 1. The van der Waals surface area contributed by atoms with Crippen molar-refractivity contribution in [1.82, 2.24) is 29.7 Å². The summed E-state index contributed by atoms with van der Waals surface area (Å²) in [5.41, 5.74) is 6.37. The predicted octanol–water partition coefficient (Wildman–Crippen LogP) is 4.85. The highest BCUT2D eigenvalue weighted by Crippen LogP contribution is 2.40. The van der Waals surface area contributed by atoms with Gasteiger partial charge in [0.15, 0.2) is 5.82 Å². The first kappa shape index (κ1) is 28.7. The van der Waals surface area contributed by atoms with E-state index in [0.29, 0.717) is 41.3 Å². The maximum Gasteiger partial charge on any atom is 0.319 e. The quantitative estimate of drug-likeness (QED) is 0.291. The van der Waals surface area contributed by atoms with Crippen molar-refractivity contribution in [3.63, 3.8) is 0 Å². The van der Waals surface area contributed by atoms with Gasteiger partial charge in [-0.3, -0.25) is 14.7 Å². The van der Waals surface area contributed by atoms with Gasteiger partial charge in [0.1, 0.15) is 35.1 Å².